The van der Waals surface area contributed by atoms with Gasteiger partial charge in [-0.25, -0.2) is 0 Å². The predicted octanol–water partition coefficient (Wildman–Crippen LogP) is 1.94. The van der Waals surface area contributed by atoms with Crippen LogP contribution in [0.2, 0.25) is 5.02 Å². The van der Waals surface area contributed by atoms with Crippen LogP contribution in [0.3, 0.4) is 0 Å². The van der Waals surface area contributed by atoms with Crippen LogP contribution in [0.4, 0.5) is 0 Å². The molecule has 0 spiro atoms. The largest absolute Gasteiger partial charge is 0.493 e. The Morgan fingerprint density at radius 3 is 3.06 bits per heavy atom. The van der Waals surface area contributed by atoms with Crippen molar-refractivity contribution < 1.29 is 14.2 Å². The molecule has 2 aliphatic heterocycles. The zero-order valence-electron chi connectivity index (χ0n) is 10.3. The Balaban J connectivity index is 2.03. The van der Waals surface area contributed by atoms with Crippen molar-refractivity contribution >= 4 is 11.6 Å². The monoisotopic (exact) mass is 269 g/mol. The number of halogens is 1. The number of methoxy groups -OCH3 is 1. The standard InChI is InChI=1S/C13H16ClNO3/c1-16-10-6-9(11-7-15-3-5-17-11)12(14)8-2-4-18-13(8)10/h6,11,15H,2-5,7H2,1H3. The third-order valence-electron chi connectivity index (χ3n) is 3.40. The molecule has 0 saturated carbocycles. The van der Waals surface area contributed by atoms with Gasteiger partial charge in [-0.3, -0.25) is 0 Å². The molecule has 0 aliphatic carbocycles. The highest BCUT2D eigenvalue weighted by Gasteiger charge is 2.27. The molecule has 1 fully saturated rings. The molecule has 1 atom stereocenters. The van der Waals surface area contributed by atoms with Gasteiger partial charge in [-0.2, -0.15) is 0 Å². The maximum absolute atomic E-state index is 6.47. The average Bonchev–Trinajstić information content (AvgIpc) is 2.90. The van der Waals surface area contributed by atoms with Crippen LogP contribution in [-0.4, -0.2) is 33.4 Å². The summed E-state index contributed by atoms with van der Waals surface area (Å²) in [5.74, 6) is 1.53. The lowest BCUT2D eigenvalue weighted by Crippen LogP contribution is -2.33. The molecular weight excluding hydrogens is 254 g/mol. The van der Waals surface area contributed by atoms with Gasteiger partial charge < -0.3 is 19.5 Å². The predicted molar refractivity (Wildman–Crippen MR) is 68.8 cm³/mol. The molecule has 4 nitrogen and oxygen atoms in total. The minimum Gasteiger partial charge on any atom is -0.493 e. The highest BCUT2D eigenvalue weighted by Crippen LogP contribution is 2.44. The van der Waals surface area contributed by atoms with E-state index in [9.17, 15) is 0 Å². The van der Waals surface area contributed by atoms with E-state index in [1.807, 2.05) is 6.07 Å². The molecule has 1 aromatic rings. The second-order valence-electron chi connectivity index (χ2n) is 4.45. The number of nitrogens with one attached hydrogen (secondary N) is 1. The number of rotatable bonds is 2. The van der Waals surface area contributed by atoms with Gasteiger partial charge >= 0.3 is 0 Å². The van der Waals surface area contributed by atoms with Crippen molar-refractivity contribution in [3.8, 4) is 11.5 Å². The van der Waals surface area contributed by atoms with E-state index in [0.29, 0.717) is 13.2 Å². The van der Waals surface area contributed by atoms with Crippen molar-refractivity contribution in [2.75, 3.05) is 33.4 Å². The molecule has 0 bridgehead atoms. The summed E-state index contributed by atoms with van der Waals surface area (Å²) in [5.41, 5.74) is 2.03. The molecular formula is C13H16ClNO3. The van der Waals surface area contributed by atoms with Crippen LogP contribution in [0, 0.1) is 0 Å². The highest BCUT2D eigenvalue weighted by atomic mass is 35.5. The Bertz CT molecular complexity index is 458. The van der Waals surface area contributed by atoms with Crippen LogP contribution in [-0.2, 0) is 11.2 Å². The molecule has 98 valence electrons. The van der Waals surface area contributed by atoms with Gasteiger partial charge in [-0.1, -0.05) is 11.6 Å². The number of hydrogen-bond acceptors (Lipinski definition) is 4. The van der Waals surface area contributed by atoms with E-state index in [0.717, 1.165) is 47.2 Å². The summed E-state index contributed by atoms with van der Waals surface area (Å²) in [7, 11) is 1.65. The van der Waals surface area contributed by atoms with Gasteiger partial charge in [0.2, 0.25) is 0 Å². The third-order valence-corrected chi connectivity index (χ3v) is 3.84. The Kier molecular flexibility index (Phi) is 3.33. The van der Waals surface area contributed by atoms with Gasteiger partial charge in [0.15, 0.2) is 11.5 Å². The van der Waals surface area contributed by atoms with Gasteiger partial charge in [-0.15, -0.1) is 0 Å². The van der Waals surface area contributed by atoms with E-state index in [2.05, 4.69) is 5.32 Å². The van der Waals surface area contributed by atoms with Crippen LogP contribution >= 0.6 is 11.6 Å². The zero-order valence-corrected chi connectivity index (χ0v) is 11.0. The van der Waals surface area contributed by atoms with Crippen molar-refractivity contribution in [2.24, 2.45) is 0 Å². The molecule has 3 rings (SSSR count). The Labute approximate surface area is 111 Å². The molecule has 2 aliphatic rings. The van der Waals surface area contributed by atoms with Gasteiger partial charge in [0, 0.05) is 30.6 Å². The summed E-state index contributed by atoms with van der Waals surface area (Å²) < 4.78 is 16.7. The number of fused-ring (bicyclic) bond motifs is 1. The van der Waals surface area contributed by atoms with Gasteiger partial charge in [0.05, 0.1) is 31.5 Å². The average molecular weight is 270 g/mol. The van der Waals surface area contributed by atoms with E-state index >= 15 is 0 Å². The summed E-state index contributed by atoms with van der Waals surface area (Å²) in [4.78, 5) is 0. The van der Waals surface area contributed by atoms with Crippen LogP contribution in [0.25, 0.3) is 0 Å². The summed E-state index contributed by atoms with van der Waals surface area (Å²) in [6, 6.07) is 1.93. The van der Waals surface area contributed by atoms with Gasteiger partial charge in [0.25, 0.3) is 0 Å². The number of hydrogen-bond donors (Lipinski definition) is 1. The van der Waals surface area contributed by atoms with E-state index in [1.54, 1.807) is 7.11 Å². The second-order valence-corrected chi connectivity index (χ2v) is 4.83. The van der Waals surface area contributed by atoms with Crippen molar-refractivity contribution in [1.29, 1.82) is 0 Å². The van der Waals surface area contributed by atoms with Crippen LogP contribution < -0.4 is 14.8 Å². The van der Waals surface area contributed by atoms with Crippen molar-refractivity contribution in [1.82, 2.24) is 5.32 Å². The molecule has 1 unspecified atom stereocenters. The Hall–Kier alpha value is -0.970. The first-order chi connectivity index (χ1) is 8.81. The van der Waals surface area contributed by atoms with Crippen molar-refractivity contribution in [3.05, 3.63) is 22.2 Å². The topological polar surface area (TPSA) is 39.7 Å². The van der Waals surface area contributed by atoms with Crippen molar-refractivity contribution in [3.63, 3.8) is 0 Å². The summed E-state index contributed by atoms with van der Waals surface area (Å²) in [5, 5.41) is 4.07. The lowest BCUT2D eigenvalue weighted by Gasteiger charge is -2.25. The maximum Gasteiger partial charge on any atom is 0.165 e. The Morgan fingerprint density at radius 1 is 1.44 bits per heavy atom. The molecule has 18 heavy (non-hydrogen) atoms. The van der Waals surface area contributed by atoms with Crippen LogP contribution in [0.1, 0.15) is 17.2 Å². The fraction of sp³-hybridized carbons (Fsp3) is 0.538. The molecule has 1 saturated heterocycles. The fourth-order valence-electron chi connectivity index (χ4n) is 2.48. The lowest BCUT2D eigenvalue weighted by molar-refractivity contribution is 0.0276. The maximum atomic E-state index is 6.47. The summed E-state index contributed by atoms with van der Waals surface area (Å²) >= 11 is 6.47. The number of benzene rings is 1. The zero-order chi connectivity index (χ0) is 12.5. The molecule has 1 N–H and O–H groups in total. The minimum atomic E-state index is -0.00829. The molecule has 0 aromatic heterocycles. The number of ether oxygens (including phenoxy) is 3. The number of morpholine rings is 1. The first-order valence-electron chi connectivity index (χ1n) is 6.15. The molecule has 2 heterocycles. The SMILES string of the molecule is COc1cc(C2CNCCO2)c(Cl)c2c1OCC2. The fourth-order valence-corrected chi connectivity index (χ4v) is 2.84. The van der Waals surface area contributed by atoms with E-state index < -0.39 is 0 Å². The first-order valence-corrected chi connectivity index (χ1v) is 6.53. The lowest BCUT2D eigenvalue weighted by atomic mass is 10.0. The van der Waals surface area contributed by atoms with Gasteiger partial charge in [0.1, 0.15) is 0 Å². The quantitative estimate of drug-likeness (QED) is 0.891. The molecule has 0 amide bonds. The smallest absolute Gasteiger partial charge is 0.165 e. The van der Waals surface area contributed by atoms with Crippen LogP contribution in [0.5, 0.6) is 11.5 Å². The van der Waals surface area contributed by atoms with E-state index in [1.165, 1.54) is 0 Å². The van der Waals surface area contributed by atoms with E-state index in [4.69, 9.17) is 25.8 Å². The van der Waals surface area contributed by atoms with E-state index in [-0.39, 0.29) is 6.10 Å². The summed E-state index contributed by atoms with van der Waals surface area (Å²) in [6.45, 7) is 3.04. The Morgan fingerprint density at radius 2 is 2.33 bits per heavy atom. The molecule has 0 radical (unpaired) electrons. The second kappa shape index (κ2) is 4.96. The normalized spacial score (nSPS) is 22.4. The van der Waals surface area contributed by atoms with Crippen molar-refractivity contribution in [2.45, 2.75) is 12.5 Å². The third kappa shape index (κ3) is 1.94. The molecule has 5 heteroatoms. The first kappa shape index (κ1) is 12.1. The highest BCUT2D eigenvalue weighted by molar-refractivity contribution is 6.32. The molecule has 1 aromatic carbocycles. The summed E-state index contributed by atoms with van der Waals surface area (Å²) in [6.07, 6.45) is 0.824. The minimum absolute atomic E-state index is 0.00829. The van der Waals surface area contributed by atoms with Crippen LogP contribution in [0.15, 0.2) is 6.07 Å². The van der Waals surface area contributed by atoms with Gasteiger partial charge in [-0.05, 0) is 6.07 Å².